The summed E-state index contributed by atoms with van der Waals surface area (Å²) in [6, 6.07) is 9.04. The molecule has 0 aliphatic rings. The van der Waals surface area contributed by atoms with Crippen LogP contribution < -0.4 is 11.1 Å². The van der Waals surface area contributed by atoms with Crippen LogP contribution in [0.15, 0.2) is 24.3 Å². The molecule has 1 unspecified atom stereocenters. The molecule has 108 valence electrons. The second kappa shape index (κ2) is 9.11. The van der Waals surface area contributed by atoms with Gasteiger partial charge >= 0.3 is 0 Å². The van der Waals surface area contributed by atoms with Gasteiger partial charge in [0.25, 0.3) is 0 Å². The molecule has 0 heterocycles. The predicted molar refractivity (Wildman–Crippen MR) is 84.4 cm³/mol. The molecule has 0 spiro atoms. The van der Waals surface area contributed by atoms with Crippen LogP contribution in [0.4, 0.5) is 0 Å². The average molecular weight is 262 g/mol. The summed E-state index contributed by atoms with van der Waals surface area (Å²) >= 11 is 0. The van der Waals surface area contributed by atoms with Crippen LogP contribution in [0.3, 0.4) is 0 Å². The summed E-state index contributed by atoms with van der Waals surface area (Å²) in [6.07, 6.45) is 3.50. The molecule has 0 aliphatic heterocycles. The van der Waals surface area contributed by atoms with Gasteiger partial charge in [0.05, 0.1) is 0 Å². The SMILES string of the molecule is CCCc1ccc(CCNCC(CN)C(C)C)cc1. The largest absolute Gasteiger partial charge is 0.330 e. The zero-order chi connectivity index (χ0) is 14.1. The van der Waals surface area contributed by atoms with Crippen LogP contribution >= 0.6 is 0 Å². The van der Waals surface area contributed by atoms with E-state index in [1.165, 1.54) is 24.0 Å². The molecule has 0 aliphatic carbocycles. The summed E-state index contributed by atoms with van der Waals surface area (Å²) in [7, 11) is 0. The fourth-order valence-corrected chi connectivity index (χ4v) is 2.27. The molecule has 2 nitrogen and oxygen atoms in total. The van der Waals surface area contributed by atoms with Gasteiger partial charge in [-0.2, -0.15) is 0 Å². The summed E-state index contributed by atoms with van der Waals surface area (Å²) in [6.45, 7) is 9.55. The minimum atomic E-state index is 0.590. The van der Waals surface area contributed by atoms with E-state index in [-0.39, 0.29) is 0 Å². The third kappa shape index (κ3) is 6.22. The van der Waals surface area contributed by atoms with Crippen molar-refractivity contribution in [3.8, 4) is 0 Å². The van der Waals surface area contributed by atoms with Crippen molar-refractivity contribution in [1.29, 1.82) is 0 Å². The van der Waals surface area contributed by atoms with E-state index >= 15 is 0 Å². The van der Waals surface area contributed by atoms with Crippen molar-refractivity contribution in [2.45, 2.75) is 40.0 Å². The Balaban J connectivity index is 2.25. The molecule has 3 N–H and O–H groups in total. The lowest BCUT2D eigenvalue weighted by molar-refractivity contribution is 0.372. The maximum Gasteiger partial charge on any atom is -0.000588 e. The molecule has 0 saturated carbocycles. The molecule has 1 aromatic rings. The van der Waals surface area contributed by atoms with E-state index in [2.05, 4.69) is 50.4 Å². The Kier molecular flexibility index (Phi) is 7.76. The third-order valence-corrected chi connectivity index (χ3v) is 3.80. The van der Waals surface area contributed by atoms with E-state index in [0.717, 1.165) is 26.1 Å². The number of nitrogens with one attached hydrogen (secondary N) is 1. The summed E-state index contributed by atoms with van der Waals surface area (Å²) in [5.74, 6) is 1.25. The topological polar surface area (TPSA) is 38.0 Å². The highest BCUT2D eigenvalue weighted by Crippen LogP contribution is 2.08. The fourth-order valence-electron chi connectivity index (χ4n) is 2.27. The standard InChI is InChI=1S/C17H30N2/c1-4-5-15-6-8-16(9-7-15)10-11-19-13-17(12-18)14(2)3/h6-9,14,17,19H,4-5,10-13,18H2,1-3H3. The second-order valence-electron chi connectivity index (χ2n) is 5.76. The van der Waals surface area contributed by atoms with Crippen molar-refractivity contribution in [1.82, 2.24) is 5.32 Å². The lowest BCUT2D eigenvalue weighted by atomic mass is 9.96. The van der Waals surface area contributed by atoms with Crippen molar-refractivity contribution >= 4 is 0 Å². The highest BCUT2D eigenvalue weighted by Gasteiger charge is 2.10. The Hall–Kier alpha value is -0.860. The smallest absolute Gasteiger partial charge is 0.000588 e. The maximum atomic E-state index is 5.77. The van der Waals surface area contributed by atoms with Crippen molar-refractivity contribution in [3.63, 3.8) is 0 Å². The number of hydrogen-bond donors (Lipinski definition) is 2. The molecule has 1 atom stereocenters. The zero-order valence-corrected chi connectivity index (χ0v) is 12.8. The number of hydrogen-bond acceptors (Lipinski definition) is 2. The molecule has 0 saturated heterocycles. The van der Waals surface area contributed by atoms with Gasteiger partial charge in [0, 0.05) is 0 Å². The molecular weight excluding hydrogens is 232 g/mol. The number of benzene rings is 1. The van der Waals surface area contributed by atoms with Crippen LogP contribution in [-0.4, -0.2) is 19.6 Å². The van der Waals surface area contributed by atoms with Crippen LogP contribution in [-0.2, 0) is 12.8 Å². The lowest BCUT2D eigenvalue weighted by Crippen LogP contribution is -2.32. The van der Waals surface area contributed by atoms with Gasteiger partial charge in [0.2, 0.25) is 0 Å². The van der Waals surface area contributed by atoms with Gasteiger partial charge in [-0.1, -0.05) is 51.5 Å². The highest BCUT2D eigenvalue weighted by molar-refractivity contribution is 5.22. The first-order valence-electron chi connectivity index (χ1n) is 7.66. The van der Waals surface area contributed by atoms with E-state index in [0.29, 0.717) is 11.8 Å². The Bertz CT molecular complexity index is 330. The van der Waals surface area contributed by atoms with Crippen molar-refractivity contribution < 1.29 is 0 Å². The van der Waals surface area contributed by atoms with Gasteiger partial charge in [-0.15, -0.1) is 0 Å². The van der Waals surface area contributed by atoms with Gasteiger partial charge in [0.1, 0.15) is 0 Å². The lowest BCUT2D eigenvalue weighted by Gasteiger charge is -2.19. The molecule has 2 heteroatoms. The molecule has 0 radical (unpaired) electrons. The van der Waals surface area contributed by atoms with Gasteiger partial charge in [0.15, 0.2) is 0 Å². The second-order valence-corrected chi connectivity index (χ2v) is 5.76. The maximum absolute atomic E-state index is 5.77. The Morgan fingerprint density at radius 1 is 1.05 bits per heavy atom. The number of rotatable bonds is 9. The molecule has 0 amide bonds. The van der Waals surface area contributed by atoms with Crippen molar-refractivity contribution in [3.05, 3.63) is 35.4 Å². The van der Waals surface area contributed by atoms with Gasteiger partial charge in [-0.3, -0.25) is 0 Å². The van der Waals surface area contributed by atoms with Crippen LogP contribution in [0.2, 0.25) is 0 Å². The van der Waals surface area contributed by atoms with Gasteiger partial charge in [-0.25, -0.2) is 0 Å². The third-order valence-electron chi connectivity index (χ3n) is 3.80. The molecule has 0 bridgehead atoms. The predicted octanol–water partition coefficient (Wildman–Crippen LogP) is 3.00. The summed E-state index contributed by atoms with van der Waals surface area (Å²) in [4.78, 5) is 0. The normalized spacial score (nSPS) is 12.9. The van der Waals surface area contributed by atoms with Crippen LogP contribution in [0.25, 0.3) is 0 Å². The van der Waals surface area contributed by atoms with E-state index in [9.17, 15) is 0 Å². The zero-order valence-electron chi connectivity index (χ0n) is 12.8. The molecule has 1 aromatic carbocycles. The number of aryl methyl sites for hydroxylation is 1. The minimum Gasteiger partial charge on any atom is -0.330 e. The van der Waals surface area contributed by atoms with Crippen LogP contribution in [0.5, 0.6) is 0 Å². The first-order valence-corrected chi connectivity index (χ1v) is 7.66. The Morgan fingerprint density at radius 3 is 2.11 bits per heavy atom. The first kappa shape index (κ1) is 16.2. The molecular formula is C17H30N2. The van der Waals surface area contributed by atoms with Crippen molar-refractivity contribution in [2.75, 3.05) is 19.6 Å². The van der Waals surface area contributed by atoms with Crippen molar-refractivity contribution in [2.24, 2.45) is 17.6 Å². The Labute approximate surface area is 118 Å². The fraction of sp³-hybridized carbons (Fsp3) is 0.647. The van der Waals surface area contributed by atoms with E-state index in [1.807, 2.05) is 0 Å². The van der Waals surface area contributed by atoms with E-state index in [1.54, 1.807) is 0 Å². The first-order chi connectivity index (χ1) is 9.17. The highest BCUT2D eigenvalue weighted by atomic mass is 14.9. The molecule has 0 fully saturated rings. The van der Waals surface area contributed by atoms with Gasteiger partial charge in [-0.05, 0) is 55.4 Å². The molecule has 0 aromatic heterocycles. The van der Waals surface area contributed by atoms with Crippen LogP contribution in [0.1, 0.15) is 38.3 Å². The van der Waals surface area contributed by atoms with E-state index in [4.69, 9.17) is 5.73 Å². The molecule has 19 heavy (non-hydrogen) atoms. The average Bonchev–Trinajstić information content (AvgIpc) is 2.40. The summed E-state index contributed by atoms with van der Waals surface area (Å²) in [5.41, 5.74) is 8.64. The van der Waals surface area contributed by atoms with Crippen LogP contribution in [0, 0.1) is 11.8 Å². The van der Waals surface area contributed by atoms with Gasteiger partial charge < -0.3 is 11.1 Å². The summed E-state index contributed by atoms with van der Waals surface area (Å²) in [5, 5.41) is 3.53. The monoisotopic (exact) mass is 262 g/mol. The summed E-state index contributed by atoms with van der Waals surface area (Å²) < 4.78 is 0. The minimum absolute atomic E-state index is 0.590. The Morgan fingerprint density at radius 2 is 1.63 bits per heavy atom. The number of nitrogens with two attached hydrogens (primary N) is 1. The quantitative estimate of drug-likeness (QED) is 0.671. The van der Waals surface area contributed by atoms with E-state index < -0.39 is 0 Å². The molecule has 1 rings (SSSR count).